The Labute approximate surface area is 165 Å². The Bertz CT molecular complexity index is 678. The van der Waals surface area contributed by atoms with E-state index < -0.39 is 0 Å². The Hall–Kier alpha value is -2.39. The predicted molar refractivity (Wildman–Crippen MR) is 108 cm³/mol. The molecule has 0 spiro atoms. The van der Waals surface area contributed by atoms with Crippen LogP contribution >= 0.6 is 0 Å². The molecule has 0 aliphatic carbocycles. The molecule has 0 bridgehead atoms. The van der Waals surface area contributed by atoms with Crippen molar-refractivity contribution in [3.63, 3.8) is 0 Å². The minimum atomic E-state index is -0.380. The molecule has 2 fully saturated rings. The maximum atomic E-state index is 11.1. The first-order valence-electron chi connectivity index (χ1n) is 9.92. The molecule has 0 saturated carbocycles. The number of nitrogens with one attached hydrogen (secondary N) is 2. The van der Waals surface area contributed by atoms with Crippen LogP contribution in [0, 0.1) is 10.1 Å². The lowest BCUT2D eigenvalue weighted by Gasteiger charge is -2.37. The fourth-order valence-electron chi connectivity index (χ4n) is 3.55. The van der Waals surface area contributed by atoms with Gasteiger partial charge in [-0.15, -0.1) is 0 Å². The highest BCUT2D eigenvalue weighted by Gasteiger charge is 2.32. The summed E-state index contributed by atoms with van der Waals surface area (Å²) in [6.45, 7) is 6.85. The second kappa shape index (κ2) is 10.2. The van der Waals surface area contributed by atoms with Crippen molar-refractivity contribution in [2.24, 2.45) is 4.99 Å². The smallest absolute Gasteiger partial charge is 0.292 e. The van der Waals surface area contributed by atoms with Gasteiger partial charge in [-0.25, -0.2) is 0 Å². The molecule has 2 unspecified atom stereocenters. The molecule has 154 valence electrons. The summed E-state index contributed by atoms with van der Waals surface area (Å²) in [7, 11) is 0. The lowest BCUT2D eigenvalue weighted by Crippen LogP contribution is -2.53. The van der Waals surface area contributed by atoms with Gasteiger partial charge in [-0.1, -0.05) is 12.1 Å². The van der Waals surface area contributed by atoms with Gasteiger partial charge in [0.15, 0.2) is 5.96 Å². The van der Waals surface area contributed by atoms with Crippen molar-refractivity contribution in [2.75, 3.05) is 51.3 Å². The average molecular weight is 391 g/mol. The van der Waals surface area contributed by atoms with E-state index in [1.54, 1.807) is 18.2 Å². The number of para-hydroxylation sites is 2. The van der Waals surface area contributed by atoms with Crippen LogP contribution in [0.4, 0.5) is 11.4 Å². The van der Waals surface area contributed by atoms with Crippen molar-refractivity contribution in [1.29, 1.82) is 0 Å². The van der Waals surface area contributed by atoms with Crippen LogP contribution in [0.1, 0.15) is 19.8 Å². The fraction of sp³-hybridized carbons (Fsp3) is 0.632. The van der Waals surface area contributed by atoms with E-state index in [2.05, 4.69) is 15.5 Å². The molecule has 2 saturated heterocycles. The topological polar surface area (TPSA) is 101 Å². The highest BCUT2D eigenvalue weighted by molar-refractivity contribution is 5.80. The van der Waals surface area contributed by atoms with Gasteiger partial charge < -0.3 is 25.0 Å². The Morgan fingerprint density at radius 1 is 1.32 bits per heavy atom. The molecular weight excluding hydrogens is 362 g/mol. The number of ether oxygens (including phenoxy) is 2. The summed E-state index contributed by atoms with van der Waals surface area (Å²) in [5, 5.41) is 17.5. The minimum Gasteiger partial charge on any atom is -0.378 e. The molecule has 9 heteroatoms. The SMILES string of the molecule is CCNC(=NCCNc1ccccc1[N+](=O)[O-])N1CCOC(C2CCCO2)C1. The summed E-state index contributed by atoms with van der Waals surface area (Å²) in [5.41, 5.74) is 0.587. The molecule has 9 nitrogen and oxygen atoms in total. The van der Waals surface area contributed by atoms with E-state index in [9.17, 15) is 10.1 Å². The monoisotopic (exact) mass is 391 g/mol. The minimum absolute atomic E-state index is 0.0743. The lowest BCUT2D eigenvalue weighted by atomic mass is 10.1. The first kappa shape index (κ1) is 20.3. The molecule has 2 N–H and O–H groups in total. The van der Waals surface area contributed by atoms with Gasteiger partial charge in [-0.3, -0.25) is 15.1 Å². The largest absolute Gasteiger partial charge is 0.378 e. The Balaban J connectivity index is 1.56. The molecule has 2 aliphatic heterocycles. The normalized spacial score (nSPS) is 22.9. The number of anilines is 1. The Morgan fingerprint density at radius 2 is 2.14 bits per heavy atom. The molecule has 0 radical (unpaired) electrons. The van der Waals surface area contributed by atoms with Gasteiger partial charge in [0.1, 0.15) is 11.8 Å². The Kier molecular flexibility index (Phi) is 7.44. The fourth-order valence-corrected chi connectivity index (χ4v) is 3.55. The summed E-state index contributed by atoms with van der Waals surface area (Å²) < 4.78 is 11.7. The first-order chi connectivity index (χ1) is 13.7. The summed E-state index contributed by atoms with van der Waals surface area (Å²) >= 11 is 0. The second-order valence-electron chi connectivity index (χ2n) is 6.84. The van der Waals surface area contributed by atoms with Gasteiger partial charge in [0, 0.05) is 38.9 Å². The van der Waals surface area contributed by atoms with E-state index in [0.29, 0.717) is 25.4 Å². The number of benzene rings is 1. The molecule has 3 rings (SSSR count). The number of nitro groups is 1. The number of nitro benzene ring substituents is 1. The van der Waals surface area contributed by atoms with Crippen LogP contribution in [0.3, 0.4) is 0 Å². The molecule has 2 heterocycles. The van der Waals surface area contributed by atoms with Crippen molar-refractivity contribution in [3.8, 4) is 0 Å². The maximum absolute atomic E-state index is 11.1. The van der Waals surface area contributed by atoms with Gasteiger partial charge in [-0.05, 0) is 25.8 Å². The molecule has 2 aliphatic rings. The van der Waals surface area contributed by atoms with Crippen molar-refractivity contribution in [3.05, 3.63) is 34.4 Å². The summed E-state index contributed by atoms with van der Waals surface area (Å²) in [4.78, 5) is 17.6. The zero-order valence-electron chi connectivity index (χ0n) is 16.3. The highest BCUT2D eigenvalue weighted by Crippen LogP contribution is 2.23. The van der Waals surface area contributed by atoms with E-state index in [-0.39, 0.29) is 22.8 Å². The quantitative estimate of drug-likeness (QED) is 0.240. The van der Waals surface area contributed by atoms with Crippen LogP contribution in [-0.4, -0.2) is 73.9 Å². The van der Waals surface area contributed by atoms with Crippen LogP contribution in [0.5, 0.6) is 0 Å². The van der Waals surface area contributed by atoms with Crippen LogP contribution in [-0.2, 0) is 9.47 Å². The van der Waals surface area contributed by atoms with Gasteiger partial charge in [0.25, 0.3) is 5.69 Å². The van der Waals surface area contributed by atoms with E-state index in [4.69, 9.17) is 14.5 Å². The van der Waals surface area contributed by atoms with Crippen molar-refractivity contribution < 1.29 is 14.4 Å². The third kappa shape index (κ3) is 5.32. The van der Waals surface area contributed by atoms with Crippen LogP contribution in [0.15, 0.2) is 29.3 Å². The summed E-state index contributed by atoms with van der Waals surface area (Å²) in [5.74, 6) is 0.846. The second-order valence-corrected chi connectivity index (χ2v) is 6.84. The third-order valence-electron chi connectivity index (χ3n) is 4.90. The molecule has 28 heavy (non-hydrogen) atoms. The van der Waals surface area contributed by atoms with E-state index >= 15 is 0 Å². The average Bonchev–Trinajstić information content (AvgIpc) is 3.25. The van der Waals surface area contributed by atoms with E-state index in [1.807, 2.05) is 6.92 Å². The van der Waals surface area contributed by atoms with Crippen LogP contribution in [0.25, 0.3) is 0 Å². The molecule has 0 amide bonds. The lowest BCUT2D eigenvalue weighted by molar-refractivity contribution is -0.384. The van der Waals surface area contributed by atoms with Crippen molar-refractivity contribution >= 4 is 17.3 Å². The van der Waals surface area contributed by atoms with E-state index in [1.165, 1.54) is 6.07 Å². The summed E-state index contributed by atoms with van der Waals surface area (Å²) in [6.07, 6.45) is 2.39. The van der Waals surface area contributed by atoms with Gasteiger partial charge >= 0.3 is 0 Å². The first-order valence-corrected chi connectivity index (χ1v) is 9.92. The highest BCUT2D eigenvalue weighted by atomic mass is 16.6. The van der Waals surface area contributed by atoms with Crippen LogP contribution < -0.4 is 10.6 Å². The molecule has 1 aromatic rings. The van der Waals surface area contributed by atoms with Crippen molar-refractivity contribution in [1.82, 2.24) is 10.2 Å². The standard InChI is InChI=1S/C19H29N5O4/c1-2-20-19(23-11-13-28-18(14-23)17-8-5-12-27-17)22-10-9-21-15-6-3-4-7-16(15)24(25)26/h3-4,6-7,17-18,21H,2,5,8-14H2,1H3,(H,20,22). The number of morpholine rings is 1. The number of guanidine groups is 1. The Morgan fingerprint density at radius 3 is 2.89 bits per heavy atom. The van der Waals surface area contributed by atoms with Gasteiger partial charge in [-0.2, -0.15) is 0 Å². The molecular formula is C19H29N5O4. The molecule has 2 atom stereocenters. The van der Waals surface area contributed by atoms with E-state index in [0.717, 1.165) is 45.0 Å². The maximum Gasteiger partial charge on any atom is 0.292 e. The van der Waals surface area contributed by atoms with Gasteiger partial charge in [0.2, 0.25) is 0 Å². The molecule has 0 aromatic heterocycles. The predicted octanol–water partition coefficient (Wildman–Crippen LogP) is 1.85. The van der Waals surface area contributed by atoms with Gasteiger partial charge in [0.05, 0.1) is 24.2 Å². The zero-order valence-corrected chi connectivity index (χ0v) is 16.3. The number of hydrogen-bond acceptors (Lipinski definition) is 6. The zero-order chi connectivity index (χ0) is 19.8. The number of aliphatic imine (C=N–C) groups is 1. The number of rotatable bonds is 7. The summed E-state index contributed by atoms with van der Waals surface area (Å²) in [6, 6.07) is 6.64. The third-order valence-corrected chi connectivity index (χ3v) is 4.90. The number of hydrogen-bond donors (Lipinski definition) is 2. The van der Waals surface area contributed by atoms with Crippen LogP contribution in [0.2, 0.25) is 0 Å². The molecule has 1 aromatic carbocycles. The number of nitrogens with zero attached hydrogens (tertiary/aromatic N) is 3. The van der Waals surface area contributed by atoms with Crippen molar-refractivity contribution in [2.45, 2.75) is 32.0 Å².